The van der Waals surface area contributed by atoms with Crippen molar-refractivity contribution in [2.45, 2.75) is 30.6 Å². The third kappa shape index (κ3) is 3.42. The Morgan fingerprint density at radius 1 is 1.07 bits per heavy atom. The maximum absolute atomic E-state index is 12.7. The molecule has 0 amide bonds. The van der Waals surface area contributed by atoms with Crippen LogP contribution in [0.5, 0.6) is 0 Å². The van der Waals surface area contributed by atoms with Crippen LogP contribution in [0.25, 0.3) is 16.8 Å². The fourth-order valence-corrected chi connectivity index (χ4v) is 5.28. The second-order valence-corrected chi connectivity index (χ2v) is 8.64. The van der Waals surface area contributed by atoms with E-state index < -0.39 is 10.8 Å². The lowest BCUT2D eigenvalue weighted by Gasteiger charge is -2.34. The van der Waals surface area contributed by atoms with Crippen molar-refractivity contribution in [3.05, 3.63) is 95.6 Å². The van der Waals surface area contributed by atoms with Crippen LogP contribution >= 0.6 is 0 Å². The minimum Gasteiger partial charge on any atom is -0.254 e. The van der Waals surface area contributed by atoms with E-state index in [-0.39, 0.29) is 0 Å². The standard InChI is InChI=1S/C25H24OS/c1-3-21-23-12-8-7-9-19(23)13-14-24(21)25-16-15-22(25)18(2)17-27(26)20-10-5-4-6-11-20/h3-14,25H,1,15-17H2,2H3/b22-18+. The van der Waals surface area contributed by atoms with Crippen LogP contribution in [0.15, 0.2) is 89.4 Å². The van der Waals surface area contributed by atoms with Crippen molar-refractivity contribution in [3.8, 4) is 0 Å². The Bertz CT molecular complexity index is 1050. The number of benzene rings is 3. The van der Waals surface area contributed by atoms with Gasteiger partial charge in [0.15, 0.2) is 0 Å². The van der Waals surface area contributed by atoms with E-state index in [4.69, 9.17) is 0 Å². The molecule has 0 aromatic heterocycles. The number of rotatable bonds is 5. The molecule has 0 bridgehead atoms. The van der Waals surface area contributed by atoms with Gasteiger partial charge in [-0.05, 0) is 53.8 Å². The van der Waals surface area contributed by atoms with E-state index in [9.17, 15) is 4.21 Å². The minimum absolute atomic E-state index is 0.426. The molecule has 0 saturated heterocycles. The molecule has 1 nitrogen and oxygen atoms in total. The van der Waals surface area contributed by atoms with Gasteiger partial charge in [-0.25, -0.2) is 0 Å². The summed E-state index contributed by atoms with van der Waals surface area (Å²) in [5, 5.41) is 2.52. The van der Waals surface area contributed by atoms with Crippen molar-refractivity contribution >= 4 is 27.6 Å². The summed E-state index contributed by atoms with van der Waals surface area (Å²) in [6, 6.07) is 22.7. The number of hydrogen-bond donors (Lipinski definition) is 0. The Kier molecular flexibility index (Phi) is 5.09. The predicted molar refractivity (Wildman–Crippen MR) is 116 cm³/mol. The highest BCUT2D eigenvalue weighted by atomic mass is 32.2. The average Bonchev–Trinajstić information content (AvgIpc) is 2.67. The molecule has 0 radical (unpaired) electrons. The van der Waals surface area contributed by atoms with Gasteiger partial charge in [0, 0.05) is 16.6 Å². The van der Waals surface area contributed by atoms with E-state index in [0.29, 0.717) is 11.7 Å². The Labute approximate surface area is 163 Å². The first-order valence-electron chi connectivity index (χ1n) is 9.45. The van der Waals surface area contributed by atoms with Crippen LogP contribution in [0.3, 0.4) is 0 Å². The van der Waals surface area contributed by atoms with Crippen LogP contribution in [0.4, 0.5) is 0 Å². The summed E-state index contributed by atoms with van der Waals surface area (Å²) in [5.74, 6) is 1.04. The van der Waals surface area contributed by atoms with E-state index >= 15 is 0 Å². The van der Waals surface area contributed by atoms with E-state index in [1.807, 2.05) is 36.4 Å². The molecule has 136 valence electrons. The van der Waals surface area contributed by atoms with Crippen LogP contribution in [-0.4, -0.2) is 9.96 Å². The zero-order valence-electron chi connectivity index (χ0n) is 15.7. The average molecular weight is 373 g/mol. The topological polar surface area (TPSA) is 17.1 Å². The monoisotopic (exact) mass is 372 g/mol. The van der Waals surface area contributed by atoms with Crippen molar-refractivity contribution in [2.75, 3.05) is 5.75 Å². The third-order valence-corrected chi connectivity index (χ3v) is 7.10. The van der Waals surface area contributed by atoms with Crippen LogP contribution in [0, 0.1) is 0 Å². The van der Waals surface area contributed by atoms with Gasteiger partial charge in [-0.15, -0.1) is 0 Å². The molecule has 0 N–H and O–H groups in total. The van der Waals surface area contributed by atoms with Crippen molar-refractivity contribution < 1.29 is 4.21 Å². The van der Waals surface area contributed by atoms with Crippen LogP contribution in [0.1, 0.15) is 36.8 Å². The summed E-state index contributed by atoms with van der Waals surface area (Å²) in [6.45, 7) is 6.23. The molecule has 1 aliphatic carbocycles. The molecular formula is C25H24OS. The van der Waals surface area contributed by atoms with Gasteiger partial charge in [0.25, 0.3) is 0 Å². The van der Waals surface area contributed by atoms with Crippen LogP contribution in [0.2, 0.25) is 0 Å². The number of hydrogen-bond acceptors (Lipinski definition) is 1. The van der Waals surface area contributed by atoms with E-state index in [1.165, 1.54) is 33.0 Å². The molecule has 3 aromatic carbocycles. The van der Waals surface area contributed by atoms with Crippen molar-refractivity contribution in [3.63, 3.8) is 0 Å². The fourth-order valence-electron chi connectivity index (χ4n) is 4.08. The van der Waals surface area contributed by atoms with Crippen LogP contribution < -0.4 is 0 Å². The normalized spacial score (nSPS) is 19.4. The Hall–Kier alpha value is -2.45. The maximum Gasteiger partial charge on any atom is 0.0570 e. The highest BCUT2D eigenvalue weighted by Gasteiger charge is 2.29. The minimum atomic E-state index is -0.981. The summed E-state index contributed by atoms with van der Waals surface area (Å²) < 4.78 is 12.7. The molecule has 1 fully saturated rings. The van der Waals surface area contributed by atoms with Gasteiger partial charge in [-0.3, -0.25) is 4.21 Å². The molecule has 4 rings (SSSR count). The van der Waals surface area contributed by atoms with Crippen molar-refractivity contribution in [2.24, 2.45) is 0 Å². The maximum atomic E-state index is 12.7. The van der Waals surface area contributed by atoms with Crippen molar-refractivity contribution in [1.29, 1.82) is 0 Å². The fraction of sp³-hybridized carbons (Fsp3) is 0.200. The largest absolute Gasteiger partial charge is 0.254 e. The van der Waals surface area contributed by atoms with E-state index in [0.717, 1.165) is 17.7 Å². The predicted octanol–water partition coefficient (Wildman–Crippen LogP) is 6.48. The van der Waals surface area contributed by atoms with Gasteiger partial charge in [-0.2, -0.15) is 0 Å². The first-order valence-corrected chi connectivity index (χ1v) is 10.8. The summed E-state index contributed by atoms with van der Waals surface area (Å²) in [7, 11) is -0.981. The summed E-state index contributed by atoms with van der Waals surface area (Å²) in [6.07, 6.45) is 4.25. The molecule has 27 heavy (non-hydrogen) atoms. The molecule has 2 heteroatoms. The Balaban J connectivity index is 1.66. The quantitative estimate of drug-likeness (QED) is 0.468. The summed E-state index contributed by atoms with van der Waals surface area (Å²) in [4.78, 5) is 0.908. The zero-order chi connectivity index (χ0) is 18.8. The van der Waals surface area contributed by atoms with Crippen molar-refractivity contribution in [1.82, 2.24) is 0 Å². The Morgan fingerprint density at radius 3 is 2.52 bits per heavy atom. The van der Waals surface area contributed by atoms with E-state index in [2.05, 4.69) is 49.9 Å². The molecule has 3 aromatic rings. The number of fused-ring (bicyclic) bond motifs is 1. The lowest BCUT2D eigenvalue weighted by atomic mass is 9.71. The first-order chi connectivity index (χ1) is 13.2. The van der Waals surface area contributed by atoms with Gasteiger partial charge in [0.05, 0.1) is 10.8 Å². The van der Waals surface area contributed by atoms with Gasteiger partial charge in [0.1, 0.15) is 0 Å². The van der Waals surface area contributed by atoms with E-state index in [1.54, 1.807) is 0 Å². The lowest BCUT2D eigenvalue weighted by molar-refractivity contribution is 0.555. The molecular weight excluding hydrogens is 348 g/mol. The second kappa shape index (κ2) is 7.66. The number of allylic oxidation sites excluding steroid dienone is 1. The van der Waals surface area contributed by atoms with Gasteiger partial charge >= 0.3 is 0 Å². The van der Waals surface area contributed by atoms with Gasteiger partial charge in [0.2, 0.25) is 0 Å². The molecule has 1 saturated carbocycles. The summed E-state index contributed by atoms with van der Waals surface area (Å²) >= 11 is 0. The molecule has 0 spiro atoms. The zero-order valence-corrected chi connectivity index (χ0v) is 16.5. The first kappa shape index (κ1) is 17.9. The lowest BCUT2D eigenvalue weighted by Crippen LogP contribution is -2.18. The molecule has 2 unspecified atom stereocenters. The SMILES string of the molecule is C=Cc1c(C2CC/C2=C(/C)CS(=O)c2ccccc2)ccc2ccccc12. The highest BCUT2D eigenvalue weighted by molar-refractivity contribution is 7.85. The second-order valence-electron chi connectivity index (χ2n) is 7.19. The highest BCUT2D eigenvalue weighted by Crippen LogP contribution is 2.46. The third-order valence-electron chi connectivity index (χ3n) is 5.61. The summed E-state index contributed by atoms with van der Waals surface area (Å²) in [5.41, 5.74) is 5.33. The van der Waals surface area contributed by atoms with Gasteiger partial charge in [-0.1, -0.05) is 78.4 Å². The molecule has 1 aliphatic rings. The van der Waals surface area contributed by atoms with Crippen LogP contribution in [-0.2, 0) is 10.8 Å². The smallest absolute Gasteiger partial charge is 0.0570 e. The molecule has 2 atom stereocenters. The van der Waals surface area contributed by atoms with Gasteiger partial charge < -0.3 is 0 Å². The molecule has 0 aliphatic heterocycles. The Morgan fingerprint density at radius 2 is 1.81 bits per heavy atom. The molecule has 0 heterocycles.